The summed E-state index contributed by atoms with van der Waals surface area (Å²) >= 11 is 0. The van der Waals surface area contributed by atoms with E-state index in [2.05, 4.69) is 24.2 Å². The van der Waals surface area contributed by atoms with Crippen molar-refractivity contribution in [1.82, 2.24) is 4.57 Å². The van der Waals surface area contributed by atoms with Gasteiger partial charge in [0.15, 0.2) is 0 Å². The highest BCUT2D eigenvalue weighted by Crippen LogP contribution is 2.21. The zero-order chi connectivity index (χ0) is 7.94. The van der Waals surface area contributed by atoms with E-state index in [-0.39, 0.29) is 12.2 Å². The molecule has 1 saturated heterocycles. The monoisotopic (exact) mass is 159 g/mol. The van der Waals surface area contributed by atoms with Crippen LogP contribution in [0.5, 0.6) is 0 Å². The van der Waals surface area contributed by atoms with Crippen LogP contribution in [0.15, 0.2) is 0 Å². The van der Waals surface area contributed by atoms with E-state index >= 15 is 0 Å². The summed E-state index contributed by atoms with van der Waals surface area (Å²) in [5, 5.41) is 0. The first-order valence-electron chi connectivity index (χ1n) is 3.36. The molecular weight excluding hydrogens is 146 g/mol. The van der Waals surface area contributed by atoms with Gasteiger partial charge in [-0.3, -0.25) is 4.57 Å². The van der Waals surface area contributed by atoms with Crippen molar-refractivity contribution in [2.45, 2.75) is 25.9 Å². The maximum atomic E-state index is 10.5. The summed E-state index contributed by atoms with van der Waals surface area (Å²) in [4.78, 5) is 10.5. The first-order chi connectivity index (χ1) is 4.43. The van der Waals surface area contributed by atoms with Crippen LogP contribution >= 0.6 is 0 Å². The van der Waals surface area contributed by atoms with Gasteiger partial charge >= 0.3 is 5.97 Å². The van der Waals surface area contributed by atoms with Crippen molar-refractivity contribution in [3.8, 4) is 0 Å². The number of nitrogens with zero attached hydrogens (tertiary/aromatic N) is 1. The summed E-state index contributed by atoms with van der Waals surface area (Å²) in [7, 11) is 0.631. The molecule has 0 N–H and O–H groups in total. The number of carbonyl (C=O) groups excluding carboxylic acids is 1. The average Bonchev–Trinajstić information content (AvgIpc) is 2.42. The highest BCUT2D eigenvalue weighted by atomic mass is 28.3. The average molecular weight is 159 g/mol. The molecule has 0 bridgehead atoms. The molecule has 10 heavy (non-hydrogen) atoms. The van der Waals surface area contributed by atoms with Crippen LogP contribution in [0.4, 0.5) is 0 Å². The lowest BCUT2D eigenvalue weighted by Gasteiger charge is -2.26. The van der Waals surface area contributed by atoms with Gasteiger partial charge in [0.1, 0.15) is 8.24 Å². The second kappa shape index (κ2) is 2.07. The Balaban J connectivity index is 2.50. The fourth-order valence-electron chi connectivity index (χ4n) is 0.665. The molecule has 0 saturated carbocycles. The molecule has 0 aromatic heterocycles. The topological polar surface area (TPSA) is 32.8 Å². The van der Waals surface area contributed by atoms with Crippen LogP contribution in [0.3, 0.4) is 0 Å². The Bertz CT molecular complexity index is 164. The highest BCUT2D eigenvalue weighted by molar-refractivity contribution is 6.73. The number of hydrogen-bond donors (Lipinski definition) is 0. The lowest BCUT2D eigenvalue weighted by molar-refractivity contribution is -0.117. The van der Waals surface area contributed by atoms with E-state index in [0.29, 0.717) is 0 Å². The van der Waals surface area contributed by atoms with Crippen LogP contribution < -0.4 is 0 Å². The summed E-state index contributed by atoms with van der Waals surface area (Å²) in [6.45, 7) is 6.55. The maximum absolute atomic E-state index is 10.5. The van der Waals surface area contributed by atoms with Gasteiger partial charge in [0.05, 0.1) is 0 Å². The Morgan fingerprint density at radius 1 is 1.50 bits per heavy atom. The van der Waals surface area contributed by atoms with E-state index < -0.39 is 8.24 Å². The van der Waals surface area contributed by atoms with E-state index in [1.165, 1.54) is 0 Å². The number of hydrogen-bond acceptors (Lipinski definition) is 3. The summed E-state index contributed by atoms with van der Waals surface area (Å²) in [5.41, 5.74) is 0. The fourth-order valence-corrected chi connectivity index (χ4v) is 1.53. The van der Waals surface area contributed by atoms with Crippen molar-refractivity contribution < 1.29 is 9.53 Å². The first kappa shape index (κ1) is 7.75. The largest absolute Gasteiger partial charge is 0.432 e. The first-order valence-corrected chi connectivity index (χ1v) is 6.81. The molecule has 0 spiro atoms. The van der Waals surface area contributed by atoms with Crippen LogP contribution in [-0.2, 0) is 9.53 Å². The summed E-state index contributed by atoms with van der Waals surface area (Å²) in [6.07, 6.45) is -0.216. The van der Waals surface area contributed by atoms with E-state index in [1.807, 2.05) is 7.05 Å². The molecule has 0 amide bonds. The minimum Gasteiger partial charge on any atom is -0.432 e. The predicted octanol–water partition coefficient (Wildman–Crippen LogP) is 0.636. The Morgan fingerprint density at radius 3 is 2.00 bits per heavy atom. The quantitative estimate of drug-likeness (QED) is 0.438. The number of cyclic esters (lactones) is 1. The second-order valence-corrected chi connectivity index (χ2v) is 8.62. The van der Waals surface area contributed by atoms with Gasteiger partial charge in [0, 0.05) is 0 Å². The number of ether oxygens (including phenoxy) is 1. The van der Waals surface area contributed by atoms with Crippen LogP contribution in [-0.4, -0.2) is 32.0 Å². The SMILES string of the molecule is CN(C1OC1=O)[Si](C)(C)C. The second-order valence-electron chi connectivity index (χ2n) is 3.57. The molecule has 4 heteroatoms. The Labute approximate surface area is 62.1 Å². The van der Waals surface area contributed by atoms with Crippen LogP contribution in [0, 0.1) is 0 Å². The molecule has 1 unspecified atom stereocenters. The maximum Gasteiger partial charge on any atom is 0.364 e. The van der Waals surface area contributed by atoms with Crippen molar-refractivity contribution in [3.05, 3.63) is 0 Å². The third-order valence-corrected chi connectivity index (χ3v) is 4.13. The minimum atomic E-state index is -1.32. The van der Waals surface area contributed by atoms with Crippen molar-refractivity contribution in [2.75, 3.05) is 7.05 Å². The molecule has 1 rings (SSSR count). The van der Waals surface area contributed by atoms with Gasteiger partial charge in [-0.25, -0.2) is 4.79 Å². The van der Waals surface area contributed by atoms with Gasteiger partial charge in [-0.05, 0) is 7.05 Å². The minimum absolute atomic E-state index is 0.0788. The van der Waals surface area contributed by atoms with Crippen LogP contribution in [0.25, 0.3) is 0 Å². The number of rotatable bonds is 2. The van der Waals surface area contributed by atoms with Gasteiger partial charge in [-0.15, -0.1) is 0 Å². The van der Waals surface area contributed by atoms with Crippen LogP contribution in [0.1, 0.15) is 0 Å². The van der Waals surface area contributed by atoms with Crippen molar-refractivity contribution >= 4 is 14.2 Å². The van der Waals surface area contributed by atoms with E-state index in [9.17, 15) is 4.79 Å². The van der Waals surface area contributed by atoms with Gasteiger partial charge in [-0.2, -0.15) is 0 Å². The lowest BCUT2D eigenvalue weighted by atomic mass is 10.7. The van der Waals surface area contributed by atoms with Crippen LogP contribution in [0.2, 0.25) is 19.6 Å². The molecule has 0 aromatic rings. The number of epoxide rings is 1. The van der Waals surface area contributed by atoms with Gasteiger partial charge < -0.3 is 4.74 Å². The lowest BCUT2D eigenvalue weighted by Crippen LogP contribution is -2.45. The fraction of sp³-hybridized carbons (Fsp3) is 0.833. The standard InChI is InChI=1S/C6H13NO2Si/c1-7(10(2,3)4)5-6(8)9-5/h5H,1-4H3. The van der Waals surface area contributed by atoms with Gasteiger partial charge in [-0.1, -0.05) is 19.6 Å². The Hall–Kier alpha value is -0.353. The third kappa shape index (κ3) is 1.38. The Morgan fingerprint density at radius 2 is 1.90 bits per heavy atom. The zero-order valence-electron chi connectivity index (χ0n) is 6.84. The molecule has 0 radical (unpaired) electrons. The smallest absolute Gasteiger partial charge is 0.364 e. The van der Waals surface area contributed by atoms with E-state index in [0.717, 1.165) is 0 Å². The van der Waals surface area contributed by atoms with Crippen molar-refractivity contribution in [1.29, 1.82) is 0 Å². The number of carbonyl (C=O) groups is 1. The summed E-state index contributed by atoms with van der Waals surface area (Å²) < 4.78 is 6.78. The normalized spacial score (nSPS) is 24.9. The molecule has 3 nitrogen and oxygen atoms in total. The van der Waals surface area contributed by atoms with Crippen molar-refractivity contribution in [3.63, 3.8) is 0 Å². The van der Waals surface area contributed by atoms with E-state index in [1.54, 1.807) is 0 Å². The molecule has 0 aromatic carbocycles. The zero-order valence-corrected chi connectivity index (χ0v) is 7.84. The predicted molar refractivity (Wildman–Crippen MR) is 41.0 cm³/mol. The van der Waals surface area contributed by atoms with Gasteiger partial charge in [0.2, 0.25) is 6.23 Å². The van der Waals surface area contributed by atoms with E-state index in [4.69, 9.17) is 4.74 Å². The highest BCUT2D eigenvalue weighted by Gasteiger charge is 2.46. The van der Waals surface area contributed by atoms with Crippen molar-refractivity contribution in [2.24, 2.45) is 0 Å². The molecule has 0 aliphatic carbocycles. The number of likely N-dealkylation sites (N-methyl/N-ethyl adjacent to an activating group) is 1. The molecule has 1 aliphatic rings. The summed E-state index contributed by atoms with van der Waals surface area (Å²) in [6, 6.07) is 0. The Kier molecular flexibility index (Phi) is 1.60. The molecule has 1 atom stereocenters. The molecule has 58 valence electrons. The van der Waals surface area contributed by atoms with Gasteiger partial charge in [0.25, 0.3) is 0 Å². The molecule has 1 aliphatic heterocycles. The summed E-state index contributed by atoms with van der Waals surface area (Å²) in [5.74, 6) is -0.0788. The third-order valence-electron chi connectivity index (χ3n) is 1.78. The molecular formula is C6H13NO2Si. The molecule has 1 heterocycles. The molecule has 1 fully saturated rings.